The minimum Gasteiger partial charge on any atom is -0.394 e. The van der Waals surface area contributed by atoms with Gasteiger partial charge in [0.1, 0.15) is 12.2 Å². The molecule has 0 aliphatic carbocycles. The van der Waals surface area contributed by atoms with Gasteiger partial charge in [-0.2, -0.15) is 0 Å². The van der Waals surface area contributed by atoms with E-state index in [1.54, 1.807) is 0 Å². The highest BCUT2D eigenvalue weighted by Crippen LogP contribution is 2.13. The molecule has 1 aliphatic rings. The van der Waals surface area contributed by atoms with Crippen molar-refractivity contribution in [3.63, 3.8) is 0 Å². The van der Waals surface area contributed by atoms with E-state index in [1.807, 2.05) is 0 Å². The van der Waals surface area contributed by atoms with Crippen molar-refractivity contribution in [2.45, 2.75) is 24.4 Å². The minimum atomic E-state index is -1.08. The molecule has 0 aromatic heterocycles. The highest BCUT2D eigenvalue weighted by Gasteiger charge is 2.35. The Hall–Kier alpha value is 0.0900. The zero-order chi connectivity index (χ0) is 8.43. The molecule has 1 fully saturated rings. The van der Waals surface area contributed by atoms with E-state index in [0.717, 1.165) is 0 Å². The SMILES string of the molecule is Cl.NC1COC(CO)C(O)C1O. The summed E-state index contributed by atoms with van der Waals surface area (Å²) in [6, 6.07) is -0.562. The van der Waals surface area contributed by atoms with Gasteiger partial charge in [-0.3, -0.25) is 0 Å². The van der Waals surface area contributed by atoms with E-state index in [2.05, 4.69) is 0 Å². The van der Waals surface area contributed by atoms with E-state index in [9.17, 15) is 10.2 Å². The van der Waals surface area contributed by atoms with Gasteiger partial charge in [-0.05, 0) is 0 Å². The van der Waals surface area contributed by atoms with Crippen LogP contribution >= 0.6 is 12.4 Å². The molecule has 5 N–H and O–H groups in total. The number of hydrogen-bond donors (Lipinski definition) is 4. The molecular formula is C6H14ClNO4. The number of rotatable bonds is 1. The number of hydrogen-bond acceptors (Lipinski definition) is 5. The monoisotopic (exact) mass is 199 g/mol. The van der Waals surface area contributed by atoms with Crippen molar-refractivity contribution in [2.75, 3.05) is 13.2 Å². The Morgan fingerprint density at radius 3 is 2.42 bits per heavy atom. The molecule has 5 nitrogen and oxygen atoms in total. The second-order valence-corrected chi connectivity index (χ2v) is 2.70. The fourth-order valence-electron chi connectivity index (χ4n) is 1.07. The highest BCUT2D eigenvalue weighted by molar-refractivity contribution is 5.85. The lowest BCUT2D eigenvalue weighted by molar-refractivity contribution is -0.156. The molecule has 1 saturated heterocycles. The predicted molar refractivity (Wildman–Crippen MR) is 44.1 cm³/mol. The average molecular weight is 200 g/mol. The molecule has 1 heterocycles. The first-order chi connectivity index (χ1) is 5.16. The largest absolute Gasteiger partial charge is 0.394 e. The van der Waals surface area contributed by atoms with Gasteiger partial charge in [0.2, 0.25) is 0 Å². The van der Waals surface area contributed by atoms with Crippen molar-refractivity contribution in [2.24, 2.45) is 5.73 Å². The van der Waals surface area contributed by atoms with Crippen LogP contribution in [0.25, 0.3) is 0 Å². The summed E-state index contributed by atoms with van der Waals surface area (Å²) in [5.74, 6) is 0. The maximum Gasteiger partial charge on any atom is 0.110 e. The number of aliphatic hydroxyl groups is 3. The summed E-state index contributed by atoms with van der Waals surface area (Å²) < 4.78 is 4.94. The molecule has 0 aromatic rings. The maximum absolute atomic E-state index is 9.19. The highest BCUT2D eigenvalue weighted by atomic mass is 35.5. The Bertz CT molecular complexity index is 135. The first kappa shape index (κ1) is 12.1. The van der Waals surface area contributed by atoms with Gasteiger partial charge in [-0.25, -0.2) is 0 Å². The lowest BCUT2D eigenvalue weighted by Gasteiger charge is -2.34. The topological polar surface area (TPSA) is 95.9 Å². The molecule has 0 amide bonds. The molecule has 0 radical (unpaired) electrons. The van der Waals surface area contributed by atoms with Crippen LogP contribution < -0.4 is 5.73 Å². The zero-order valence-electron chi connectivity index (χ0n) is 6.46. The molecule has 1 aliphatic heterocycles. The van der Waals surface area contributed by atoms with Crippen molar-refractivity contribution >= 4 is 12.4 Å². The molecule has 0 aromatic carbocycles. The number of ether oxygens (including phenoxy) is 1. The summed E-state index contributed by atoms with van der Waals surface area (Å²) >= 11 is 0. The van der Waals surface area contributed by atoms with Crippen LogP contribution in [0.3, 0.4) is 0 Å². The molecule has 0 saturated carbocycles. The molecule has 4 atom stereocenters. The van der Waals surface area contributed by atoms with E-state index in [0.29, 0.717) is 0 Å². The lowest BCUT2D eigenvalue weighted by Crippen LogP contribution is -2.57. The van der Waals surface area contributed by atoms with Crippen LogP contribution in [0.5, 0.6) is 0 Å². The fourth-order valence-corrected chi connectivity index (χ4v) is 1.07. The second-order valence-electron chi connectivity index (χ2n) is 2.70. The lowest BCUT2D eigenvalue weighted by atomic mass is 9.99. The van der Waals surface area contributed by atoms with Crippen molar-refractivity contribution < 1.29 is 20.1 Å². The molecule has 0 bridgehead atoms. The van der Waals surface area contributed by atoms with E-state index >= 15 is 0 Å². The third-order valence-corrected chi connectivity index (χ3v) is 1.85. The zero-order valence-corrected chi connectivity index (χ0v) is 7.28. The van der Waals surface area contributed by atoms with Crippen LogP contribution in [-0.2, 0) is 4.74 Å². The van der Waals surface area contributed by atoms with Gasteiger partial charge < -0.3 is 25.8 Å². The fraction of sp³-hybridized carbons (Fsp3) is 1.00. The number of nitrogens with two attached hydrogens (primary N) is 1. The molecule has 6 heteroatoms. The van der Waals surface area contributed by atoms with Gasteiger partial charge in [0, 0.05) is 0 Å². The Kier molecular flexibility index (Phi) is 5.00. The molecule has 74 valence electrons. The second kappa shape index (κ2) is 4.96. The van der Waals surface area contributed by atoms with Gasteiger partial charge in [0.05, 0.1) is 25.4 Å². The third-order valence-electron chi connectivity index (χ3n) is 1.85. The Labute approximate surface area is 76.5 Å². The summed E-state index contributed by atoms with van der Waals surface area (Å²) in [6.07, 6.45) is -2.78. The van der Waals surface area contributed by atoms with Crippen molar-refractivity contribution in [3.05, 3.63) is 0 Å². The summed E-state index contributed by atoms with van der Waals surface area (Å²) in [6.45, 7) is -0.131. The smallest absolute Gasteiger partial charge is 0.110 e. The first-order valence-electron chi connectivity index (χ1n) is 3.51. The molecule has 12 heavy (non-hydrogen) atoms. The number of halogens is 1. The van der Waals surface area contributed by atoms with E-state index in [-0.39, 0.29) is 25.6 Å². The van der Waals surface area contributed by atoms with Gasteiger partial charge in [-0.1, -0.05) is 0 Å². The number of aliphatic hydroxyl groups excluding tert-OH is 3. The van der Waals surface area contributed by atoms with Crippen LogP contribution in [-0.4, -0.2) is 52.9 Å². The van der Waals surface area contributed by atoms with Crippen molar-refractivity contribution in [3.8, 4) is 0 Å². The van der Waals surface area contributed by atoms with Gasteiger partial charge in [-0.15, -0.1) is 12.4 Å². The molecular weight excluding hydrogens is 186 g/mol. The van der Waals surface area contributed by atoms with E-state index in [4.69, 9.17) is 15.6 Å². The molecule has 1 rings (SSSR count). The van der Waals surface area contributed by atoms with Crippen LogP contribution in [0.15, 0.2) is 0 Å². The Balaban J connectivity index is 0.00000121. The molecule has 0 spiro atoms. The van der Waals surface area contributed by atoms with Gasteiger partial charge in [0.15, 0.2) is 0 Å². The maximum atomic E-state index is 9.19. The summed E-state index contributed by atoms with van der Waals surface area (Å²) in [5, 5.41) is 27.0. The van der Waals surface area contributed by atoms with Crippen LogP contribution in [0, 0.1) is 0 Å². The molecule has 4 unspecified atom stereocenters. The van der Waals surface area contributed by atoms with Crippen molar-refractivity contribution in [1.29, 1.82) is 0 Å². The predicted octanol–water partition coefficient (Wildman–Crippen LogP) is -2.15. The normalized spacial score (nSPS) is 42.0. The summed E-state index contributed by atoms with van der Waals surface area (Å²) in [5.41, 5.74) is 5.37. The Morgan fingerprint density at radius 2 is 1.92 bits per heavy atom. The average Bonchev–Trinajstić information content (AvgIpc) is 2.01. The summed E-state index contributed by atoms with van der Waals surface area (Å²) in [7, 11) is 0. The van der Waals surface area contributed by atoms with Crippen LogP contribution in [0.4, 0.5) is 0 Å². The standard InChI is InChI=1S/C6H13NO4.ClH/c7-3-2-11-4(1-8)6(10)5(3)9;/h3-6,8-10H,1-2,7H2;1H. The third kappa shape index (κ3) is 2.29. The van der Waals surface area contributed by atoms with E-state index in [1.165, 1.54) is 0 Å². The Morgan fingerprint density at radius 1 is 1.33 bits per heavy atom. The van der Waals surface area contributed by atoms with Crippen molar-refractivity contribution in [1.82, 2.24) is 0 Å². The van der Waals surface area contributed by atoms with Gasteiger partial charge >= 0.3 is 0 Å². The van der Waals surface area contributed by atoms with Gasteiger partial charge in [0.25, 0.3) is 0 Å². The first-order valence-corrected chi connectivity index (χ1v) is 3.51. The van der Waals surface area contributed by atoms with E-state index < -0.39 is 24.4 Å². The minimum absolute atomic E-state index is 0. The van der Waals surface area contributed by atoms with Crippen LogP contribution in [0.2, 0.25) is 0 Å². The van der Waals surface area contributed by atoms with Crippen LogP contribution in [0.1, 0.15) is 0 Å². The quantitative estimate of drug-likeness (QED) is 0.386. The summed E-state index contributed by atoms with van der Waals surface area (Å²) in [4.78, 5) is 0.